The maximum atomic E-state index is 15.3. The molecule has 0 aliphatic carbocycles. The van der Waals surface area contributed by atoms with Crippen LogP contribution in [0.3, 0.4) is 0 Å². The summed E-state index contributed by atoms with van der Waals surface area (Å²) in [6.45, 7) is 6.06. The number of hydrogen-bond donors (Lipinski definition) is 1. The monoisotopic (exact) mass is 951 g/mol. The minimum absolute atomic E-state index is 0.00646. The molecule has 0 saturated carbocycles. The van der Waals surface area contributed by atoms with Crippen LogP contribution in [-0.2, 0) is 30.9 Å². The van der Waals surface area contributed by atoms with Gasteiger partial charge in [0.1, 0.15) is 10.6 Å². The van der Waals surface area contributed by atoms with Crippen LogP contribution in [0.15, 0.2) is 117 Å². The Balaban J connectivity index is 1.26. The van der Waals surface area contributed by atoms with E-state index in [2.05, 4.69) is 12.2 Å². The highest BCUT2D eigenvalue weighted by molar-refractivity contribution is 7.99. The first-order chi connectivity index (χ1) is 32.6. The molecule has 1 fully saturated rings. The summed E-state index contributed by atoms with van der Waals surface area (Å²) in [5.74, 6) is -1.30. The minimum Gasteiger partial charge on any atom is -0.497 e. The number of aliphatic imine (C=N–C) groups is 1. The van der Waals surface area contributed by atoms with Crippen molar-refractivity contribution in [2.24, 2.45) is 4.99 Å². The number of urea groups is 1. The predicted octanol–water partition coefficient (Wildman–Crippen LogP) is 12.3. The van der Waals surface area contributed by atoms with Crippen LogP contribution in [0, 0.1) is 6.92 Å². The quantitative estimate of drug-likeness (QED) is 0.0439. The molecule has 2 atom stereocenters. The zero-order valence-corrected chi connectivity index (χ0v) is 41.4. The molecule has 2 unspecified atom stereocenters. The van der Waals surface area contributed by atoms with Crippen molar-refractivity contribution in [1.82, 2.24) is 14.1 Å². The fraction of sp³-hybridized carbons (Fsp3) is 0.472. The Labute approximate surface area is 402 Å². The Morgan fingerprint density at radius 3 is 1.97 bits per heavy atom. The van der Waals surface area contributed by atoms with Crippen LogP contribution in [-0.4, -0.2) is 78.7 Å². The molecule has 0 spiro atoms. The number of amidine groups is 1. The number of hydrogen-bond acceptors (Lipinski definition) is 9. The maximum Gasteiger partial charge on any atom is 0.330 e. The van der Waals surface area contributed by atoms with E-state index in [0.717, 1.165) is 50.9 Å². The lowest BCUT2D eigenvalue weighted by atomic mass is 10.0. The van der Waals surface area contributed by atoms with Gasteiger partial charge in [-0.05, 0) is 67.8 Å². The van der Waals surface area contributed by atoms with Crippen molar-refractivity contribution in [3.05, 3.63) is 108 Å². The second-order valence-corrected chi connectivity index (χ2v) is 20.3. The second-order valence-electron chi connectivity index (χ2n) is 17.4. The van der Waals surface area contributed by atoms with Crippen molar-refractivity contribution < 1.29 is 32.3 Å². The van der Waals surface area contributed by atoms with Gasteiger partial charge in [-0.25, -0.2) is 23.1 Å². The molecule has 4 aromatic rings. The van der Waals surface area contributed by atoms with Crippen molar-refractivity contribution in [3.63, 3.8) is 0 Å². The average molecular weight is 952 g/mol. The largest absolute Gasteiger partial charge is 0.497 e. The number of imide groups is 1. The van der Waals surface area contributed by atoms with Crippen LogP contribution in [0.5, 0.6) is 5.75 Å². The summed E-state index contributed by atoms with van der Waals surface area (Å²) in [4.78, 5) is 53.4. The molecule has 6 rings (SSSR count). The number of aryl methyl sites for hydroxylation is 1. The molecule has 4 aromatic carbocycles. The van der Waals surface area contributed by atoms with Gasteiger partial charge in [0.15, 0.2) is 11.9 Å². The van der Waals surface area contributed by atoms with E-state index in [9.17, 15) is 18.0 Å². The first-order valence-electron chi connectivity index (χ1n) is 24.3. The van der Waals surface area contributed by atoms with Gasteiger partial charge in [0.25, 0.3) is 21.8 Å². The third-order valence-electron chi connectivity index (χ3n) is 12.4. The van der Waals surface area contributed by atoms with Crippen LogP contribution in [0.4, 0.5) is 16.2 Å². The normalized spacial score (nSPS) is 16.0. The molecule has 2 aliphatic rings. The zero-order chi connectivity index (χ0) is 47.6. The molecule has 67 heavy (non-hydrogen) atoms. The standard InChI is InChI=1S/C53H69N5O7S2/c1-5-7-8-9-10-11-12-13-14-15-16-17-18-19-20-28-37-57-49(54-44-32-25-27-34-47(44)67(57,62)63)48(58-51(60)52(65-6-2)56(53(58)61)39-41-30-22-21-23-31-41)50(59)55-43-36-35-42(64-4)38-46(43)66-45-33-26-24-29-40(45)3/h21-27,29-36,38,48,52H,5-20,28,37,39H2,1-4H3,(H,55,59). The van der Waals surface area contributed by atoms with E-state index in [1.54, 1.807) is 50.4 Å². The molecule has 0 radical (unpaired) electrons. The predicted molar refractivity (Wildman–Crippen MR) is 267 cm³/mol. The van der Waals surface area contributed by atoms with Crippen molar-refractivity contribution in [2.75, 3.05) is 25.6 Å². The maximum absolute atomic E-state index is 15.3. The number of para-hydroxylation sites is 1. The van der Waals surface area contributed by atoms with E-state index >= 15 is 4.79 Å². The Kier molecular flexibility index (Phi) is 19.7. The zero-order valence-electron chi connectivity index (χ0n) is 39.8. The van der Waals surface area contributed by atoms with E-state index in [4.69, 9.17) is 14.5 Å². The molecular weight excluding hydrogens is 883 g/mol. The number of carbonyl (C=O) groups excluding carboxylic acids is 3. The molecular formula is C53H69N5O7S2. The van der Waals surface area contributed by atoms with Gasteiger partial charge < -0.3 is 14.8 Å². The minimum atomic E-state index is -4.31. The molecule has 1 saturated heterocycles. The summed E-state index contributed by atoms with van der Waals surface area (Å²) < 4.78 is 42.2. The first kappa shape index (κ1) is 51.2. The van der Waals surface area contributed by atoms with Gasteiger partial charge in [0.2, 0.25) is 6.23 Å². The molecule has 4 amide bonds. The van der Waals surface area contributed by atoms with Gasteiger partial charge in [-0.3, -0.25) is 18.8 Å². The summed E-state index contributed by atoms with van der Waals surface area (Å²) in [5, 5.41) is 3.00. The number of nitrogens with one attached hydrogen (secondary N) is 1. The summed E-state index contributed by atoms with van der Waals surface area (Å²) in [7, 11) is -2.75. The van der Waals surface area contributed by atoms with Crippen molar-refractivity contribution in [3.8, 4) is 5.75 Å². The van der Waals surface area contributed by atoms with Gasteiger partial charge in [0, 0.05) is 22.9 Å². The van der Waals surface area contributed by atoms with Gasteiger partial charge in [-0.2, -0.15) is 0 Å². The highest BCUT2D eigenvalue weighted by atomic mass is 32.2. The van der Waals surface area contributed by atoms with Crippen molar-refractivity contribution >= 4 is 56.8 Å². The third-order valence-corrected chi connectivity index (χ3v) is 15.4. The Morgan fingerprint density at radius 2 is 1.34 bits per heavy atom. The number of rotatable bonds is 28. The molecule has 1 N–H and O–H groups in total. The number of methoxy groups -OCH3 is 1. The van der Waals surface area contributed by atoms with E-state index in [0.29, 0.717) is 22.8 Å². The SMILES string of the molecule is CCCCCCCCCCCCCCCCCCN1C(C(C(=O)Nc2ccc(OC)cc2Sc2ccccc2C)N2C(=O)C(OCC)N(Cc3ccccc3)C2=O)=Nc2ccccc2S1(=O)=O. The number of fused-ring (bicyclic) bond motifs is 1. The van der Waals surface area contributed by atoms with Crippen LogP contribution in [0.25, 0.3) is 0 Å². The van der Waals surface area contributed by atoms with Crippen LogP contribution in [0.1, 0.15) is 128 Å². The molecule has 12 nitrogen and oxygen atoms in total. The number of carbonyl (C=O) groups is 3. The fourth-order valence-corrected chi connectivity index (χ4v) is 11.3. The van der Waals surface area contributed by atoms with E-state index < -0.39 is 40.1 Å². The lowest BCUT2D eigenvalue weighted by Gasteiger charge is -2.35. The molecule has 0 bridgehead atoms. The van der Waals surface area contributed by atoms with Gasteiger partial charge >= 0.3 is 6.03 Å². The van der Waals surface area contributed by atoms with E-state index in [-0.39, 0.29) is 36.1 Å². The molecule has 0 aromatic heterocycles. The Morgan fingerprint density at radius 1 is 0.746 bits per heavy atom. The third kappa shape index (κ3) is 13.5. The summed E-state index contributed by atoms with van der Waals surface area (Å²) in [5.41, 5.74) is 2.24. The molecule has 2 heterocycles. The van der Waals surface area contributed by atoms with Gasteiger partial charge in [-0.1, -0.05) is 176 Å². The number of ether oxygens (including phenoxy) is 2. The molecule has 2 aliphatic heterocycles. The van der Waals surface area contributed by atoms with Gasteiger partial charge in [-0.15, -0.1) is 0 Å². The molecule has 360 valence electrons. The Bertz CT molecular complexity index is 2400. The number of anilines is 1. The highest BCUT2D eigenvalue weighted by Gasteiger charge is 2.54. The number of amides is 4. The Hall–Kier alpha value is -5.18. The first-order valence-corrected chi connectivity index (χ1v) is 26.6. The van der Waals surface area contributed by atoms with Crippen molar-refractivity contribution in [2.45, 2.75) is 157 Å². The summed E-state index contributed by atoms with van der Waals surface area (Å²) >= 11 is 1.41. The summed E-state index contributed by atoms with van der Waals surface area (Å²) in [6, 6.07) is 25.9. The second kappa shape index (κ2) is 25.8. The number of nitrogens with zero attached hydrogens (tertiary/aromatic N) is 4. The number of unbranched alkanes of at least 4 members (excludes halogenated alkanes) is 15. The van der Waals surface area contributed by atoms with Crippen LogP contribution < -0.4 is 10.1 Å². The highest BCUT2D eigenvalue weighted by Crippen LogP contribution is 2.39. The van der Waals surface area contributed by atoms with Gasteiger partial charge in [0.05, 0.1) is 25.0 Å². The van der Waals surface area contributed by atoms with E-state index in [1.807, 2.05) is 61.5 Å². The van der Waals surface area contributed by atoms with Crippen LogP contribution >= 0.6 is 11.8 Å². The lowest BCUT2D eigenvalue weighted by molar-refractivity contribution is -0.144. The average Bonchev–Trinajstić information content (AvgIpc) is 3.54. The summed E-state index contributed by atoms with van der Waals surface area (Å²) in [6.07, 6.45) is 17.3. The molecule has 14 heteroatoms. The van der Waals surface area contributed by atoms with Crippen molar-refractivity contribution in [1.29, 1.82) is 0 Å². The topological polar surface area (TPSA) is 138 Å². The number of benzene rings is 4. The smallest absolute Gasteiger partial charge is 0.330 e. The van der Waals surface area contributed by atoms with Crippen LogP contribution in [0.2, 0.25) is 0 Å². The number of sulfonamides is 1. The fourth-order valence-electron chi connectivity index (χ4n) is 8.65. The lowest BCUT2D eigenvalue weighted by Crippen LogP contribution is -2.58. The van der Waals surface area contributed by atoms with E-state index in [1.165, 1.54) is 93.4 Å².